The molecule has 22 heavy (non-hydrogen) atoms. The number of piperidine rings is 1. The summed E-state index contributed by atoms with van der Waals surface area (Å²) in [6.45, 7) is 3.97. The predicted octanol–water partition coefficient (Wildman–Crippen LogP) is 3.98. The van der Waals surface area contributed by atoms with E-state index < -0.39 is 0 Å². The molecule has 1 aromatic rings. The number of aryl methyl sites for hydroxylation is 1. The minimum absolute atomic E-state index is 0.390. The topological polar surface area (TPSA) is 32.3 Å². The first-order valence-corrected chi connectivity index (χ1v) is 8.82. The fourth-order valence-electron chi connectivity index (χ4n) is 3.82. The van der Waals surface area contributed by atoms with Gasteiger partial charge in [0.15, 0.2) is 0 Å². The highest BCUT2D eigenvalue weighted by Crippen LogP contribution is 2.28. The number of para-hydroxylation sites is 1. The Hall–Kier alpha value is -1.51. The third kappa shape index (κ3) is 3.82. The van der Waals surface area contributed by atoms with Crippen LogP contribution in [0.2, 0.25) is 0 Å². The van der Waals surface area contributed by atoms with E-state index in [0.29, 0.717) is 17.9 Å². The molecular weight excluding hydrogens is 272 g/mol. The van der Waals surface area contributed by atoms with Crippen LogP contribution < -0.4 is 5.32 Å². The first-order chi connectivity index (χ1) is 10.7. The Morgan fingerprint density at radius 3 is 2.50 bits per heavy atom. The van der Waals surface area contributed by atoms with E-state index >= 15 is 0 Å². The molecule has 2 aliphatic rings. The second-order valence-corrected chi connectivity index (χ2v) is 6.97. The van der Waals surface area contributed by atoms with Crippen molar-refractivity contribution in [1.82, 2.24) is 4.90 Å². The number of hydrogen-bond donors (Lipinski definition) is 1. The number of hydrogen-bond acceptors (Lipinski definition) is 2. The normalized spacial score (nSPS) is 20.3. The van der Waals surface area contributed by atoms with Crippen molar-refractivity contribution in [3.8, 4) is 0 Å². The summed E-state index contributed by atoms with van der Waals surface area (Å²) >= 11 is 0. The lowest BCUT2D eigenvalue weighted by Gasteiger charge is -2.33. The van der Waals surface area contributed by atoms with Gasteiger partial charge < -0.3 is 10.2 Å². The van der Waals surface area contributed by atoms with Gasteiger partial charge in [-0.1, -0.05) is 31.0 Å². The molecule has 0 radical (unpaired) electrons. The molecule has 2 fully saturated rings. The van der Waals surface area contributed by atoms with E-state index in [2.05, 4.69) is 41.4 Å². The van der Waals surface area contributed by atoms with Gasteiger partial charge in [-0.15, -0.1) is 0 Å². The van der Waals surface area contributed by atoms with E-state index in [4.69, 9.17) is 0 Å². The third-order valence-electron chi connectivity index (χ3n) is 5.29. The largest absolute Gasteiger partial charge is 0.382 e. The lowest BCUT2D eigenvalue weighted by atomic mass is 10.00. The van der Waals surface area contributed by atoms with Crippen molar-refractivity contribution in [1.29, 1.82) is 0 Å². The second-order valence-electron chi connectivity index (χ2n) is 6.97. The van der Waals surface area contributed by atoms with Crippen molar-refractivity contribution < 1.29 is 4.79 Å². The Bertz CT molecular complexity index is 500. The monoisotopic (exact) mass is 300 g/mol. The smallest absolute Gasteiger partial charge is 0.222 e. The van der Waals surface area contributed by atoms with Crippen LogP contribution in [0.4, 0.5) is 5.69 Å². The van der Waals surface area contributed by atoms with Crippen LogP contribution in [0.15, 0.2) is 24.3 Å². The number of carbonyl (C=O) groups is 1. The van der Waals surface area contributed by atoms with Crippen LogP contribution in [0.5, 0.6) is 0 Å². The molecule has 1 heterocycles. The summed E-state index contributed by atoms with van der Waals surface area (Å²) in [5, 5.41) is 3.64. The van der Waals surface area contributed by atoms with Crippen LogP contribution >= 0.6 is 0 Å². The van der Waals surface area contributed by atoms with E-state index in [1.807, 2.05) is 0 Å². The molecule has 1 N–H and O–H groups in total. The zero-order valence-electron chi connectivity index (χ0n) is 13.7. The first kappa shape index (κ1) is 15.4. The number of benzene rings is 1. The molecule has 1 aromatic carbocycles. The van der Waals surface area contributed by atoms with Gasteiger partial charge in [0.1, 0.15) is 0 Å². The maximum atomic E-state index is 12.4. The summed E-state index contributed by atoms with van der Waals surface area (Å²) in [6.07, 6.45) is 8.07. The Balaban J connectivity index is 1.45. The Morgan fingerprint density at radius 2 is 1.82 bits per heavy atom. The number of likely N-dealkylation sites (tertiary alicyclic amines) is 1. The summed E-state index contributed by atoms with van der Waals surface area (Å²) in [6, 6.07) is 8.94. The van der Waals surface area contributed by atoms with Crippen molar-refractivity contribution in [3.63, 3.8) is 0 Å². The quantitative estimate of drug-likeness (QED) is 0.912. The van der Waals surface area contributed by atoms with E-state index in [1.165, 1.54) is 36.9 Å². The second kappa shape index (κ2) is 7.17. The Kier molecular flexibility index (Phi) is 5.01. The number of carbonyl (C=O) groups excluding carboxylic acids is 1. The first-order valence-electron chi connectivity index (χ1n) is 8.82. The van der Waals surface area contributed by atoms with E-state index in [9.17, 15) is 4.79 Å². The van der Waals surface area contributed by atoms with Gasteiger partial charge in [0, 0.05) is 31.2 Å². The van der Waals surface area contributed by atoms with E-state index in [-0.39, 0.29) is 0 Å². The number of rotatable bonds is 4. The number of amides is 1. The van der Waals surface area contributed by atoms with Crippen molar-refractivity contribution in [2.75, 3.05) is 18.4 Å². The lowest BCUT2D eigenvalue weighted by Crippen LogP contribution is -2.42. The van der Waals surface area contributed by atoms with Crippen LogP contribution in [0.1, 0.15) is 50.5 Å². The molecule has 0 aromatic heterocycles. The highest BCUT2D eigenvalue weighted by Gasteiger charge is 2.26. The van der Waals surface area contributed by atoms with Gasteiger partial charge >= 0.3 is 0 Å². The highest BCUT2D eigenvalue weighted by atomic mass is 16.2. The minimum Gasteiger partial charge on any atom is -0.382 e. The fraction of sp³-hybridized carbons (Fsp3) is 0.632. The maximum Gasteiger partial charge on any atom is 0.222 e. The van der Waals surface area contributed by atoms with Crippen molar-refractivity contribution in [2.45, 2.75) is 57.9 Å². The van der Waals surface area contributed by atoms with Gasteiger partial charge in [-0.05, 0) is 50.2 Å². The van der Waals surface area contributed by atoms with Crippen molar-refractivity contribution >= 4 is 11.6 Å². The zero-order valence-corrected chi connectivity index (χ0v) is 13.7. The van der Waals surface area contributed by atoms with Gasteiger partial charge in [0.25, 0.3) is 0 Å². The van der Waals surface area contributed by atoms with Gasteiger partial charge in [0.05, 0.1) is 0 Å². The molecule has 1 aliphatic carbocycles. The molecule has 1 saturated carbocycles. The molecule has 3 heteroatoms. The van der Waals surface area contributed by atoms with Crippen LogP contribution in [-0.2, 0) is 4.79 Å². The predicted molar refractivity (Wildman–Crippen MR) is 91.0 cm³/mol. The number of nitrogens with zero attached hydrogens (tertiary/aromatic N) is 1. The molecule has 3 rings (SSSR count). The molecule has 1 saturated heterocycles. The molecule has 1 aliphatic heterocycles. The molecule has 120 valence electrons. The van der Waals surface area contributed by atoms with Crippen LogP contribution in [0.3, 0.4) is 0 Å². The van der Waals surface area contributed by atoms with Crippen LogP contribution in [0.25, 0.3) is 0 Å². The van der Waals surface area contributed by atoms with Crippen molar-refractivity contribution in [2.24, 2.45) is 5.92 Å². The molecular formula is C19H28N2O. The fourth-order valence-corrected chi connectivity index (χ4v) is 3.82. The summed E-state index contributed by atoms with van der Waals surface area (Å²) in [7, 11) is 0. The summed E-state index contributed by atoms with van der Waals surface area (Å²) in [4.78, 5) is 14.5. The van der Waals surface area contributed by atoms with E-state index in [0.717, 1.165) is 32.4 Å². The standard InChI is InChI=1S/C19H28N2O/c1-15-6-2-5-9-18(15)20-17-10-12-21(13-11-17)19(22)14-16-7-3-4-8-16/h2,5-6,9,16-17,20H,3-4,7-8,10-14H2,1H3. The molecule has 3 nitrogen and oxygen atoms in total. The molecule has 0 bridgehead atoms. The van der Waals surface area contributed by atoms with Crippen LogP contribution in [-0.4, -0.2) is 29.9 Å². The molecule has 0 atom stereocenters. The Morgan fingerprint density at radius 1 is 1.14 bits per heavy atom. The van der Waals surface area contributed by atoms with Gasteiger partial charge in [0.2, 0.25) is 5.91 Å². The summed E-state index contributed by atoms with van der Waals surface area (Å²) < 4.78 is 0. The summed E-state index contributed by atoms with van der Waals surface area (Å²) in [5.41, 5.74) is 2.53. The van der Waals surface area contributed by atoms with Gasteiger partial charge in [-0.3, -0.25) is 4.79 Å². The highest BCUT2D eigenvalue weighted by molar-refractivity contribution is 5.76. The van der Waals surface area contributed by atoms with Crippen LogP contribution in [0, 0.1) is 12.8 Å². The number of anilines is 1. The van der Waals surface area contributed by atoms with Gasteiger partial charge in [-0.25, -0.2) is 0 Å². The minimum atomic E-state index is 0.390. The van der Waals surface area contributed by atoms with Gasteiger partial charge in [-0.2, -0.15) is 0 Å². The Labute approximate surface area is 134 Å². The average Bonchev–Trinajstić information content (AvgIpc) is 3.03. The lowest BCUT2D eigenvalue weighted by molar-refractivity contribution is -0.133. The zero-order chi connectivity index (χ0) is 15.4. The molecule has 0 spiro atoms. The van der Waals surface area contributed by atoms with Crippen molar-refractivity contribution in [3.05, 3.63) is 29.8 Å². The number of nitrogens with one attached hydrogen (secondary N) is 1. The summed E-state index contributed by atoms with van der Waals surface area (Å²) in [5.74, 6) is 1.05. The molecule has 0 unspecified atom stereocenters. The van der Waals surface area contributed by atoms with E-state index in [1.54, 1.807) is 0 Å². The molecule has 1 amide bonds. The average molecular weight is 300 g/mol. The maximum absolute atomic E-state index is 12.4. The third-order valence-corrected chi connectivity index (χ3v) is 5.29. The SMILES string of the molecule is Cc1ccccc1NC1CCN(C(=O)CC2CCCC2)CC1.